The molecule has 0 unspecified atom stereocenters. The largest absolute Gasteiger partial charge is 0.493 e. The summed E-state index contributed by atoms with van der Waals surface area (Å²) in [7, 11) is 4.54. The van der Waals surface area contributed by atoms with Crippen LogP contribution in [0.2, 0.25) is 0 Å². The lowest BCUT2D eigenvalue weighted by Crippen LogP contribution is -2.38. The van der Waals surface area contributed by atoms with E-state index in [9.17, 15) is 19.2 Å². The Kier molecular flexibility index (Phi) is 7.19. The molecule has 0 atom stereocenters. The van der Waals surface area contributed by atoms with Crippen LogP contribution in [0.5, 0.6) is 11.5 Å². The van der Waals surface area contributed by atoms with E-state index < -0.39 is 37.0 Å². The van der Waals surface area contributed by atoms with Crippen LogP contribution in [0.3, 0.4) is 0 Å². The first kappa shape index (κ1) is 21.0. The van der Waals surface area contributed by atoms with Crippen molar-refractivity contribution in [3.8, 4) is 11.5 Å². The molecule has 10 nitrogen and oxygen atoms in total. The minimum Gasteiger partial charge on any atom is -0.493 e. The molecule has 1 heterocycles. The van der Waals surface area contributed by atoms with Gasteiger partial charge in [-0.1, -0.05) is 6.07 Å². The number of ether oxygens (including phenoxy) is 3. The summed E-state index contributed by atoms with van der Waals surface area (Å²) in [5.41, 5.74) is 0.935. The van der Waals surface area contributed by atoms with Crippen molar-refractivity contribution in [1.82, 2.24) is 15.1 Å². The van der Waals surface area contributed by atoms with E-state index in [4.69, 9.17) is 14.2 Å². The minimum absolute atomic E-state index is 0.0806. The SMILES string of the molecule is COc1ccc(CCNC(=O)COC(=O)CN2C(=O)CN(C)C2=O)cc1OC. The molecule has 0 bridgehead atoms. The van der Waals surface area contributed by atoms with Gasteiger partial charge in [-0.25, -0.2) is 4.79 Å². The van der Waals surface area contributed by atoms with E-state index in [1.165, 1.54) is 11.9 Å². The first-order valence-electron chi connectivity index (χ1n) is 8.54. The first-order chi connectivity index (χ1) is 13.3. The van der Waals surface area contributed by atoms with Gasteiger partial charge in [-0.15, -0.1) is 0 Å². The molecule has 1 aliphatic heterocycles. The molecule has 1 saturated heterocycles. The molecule has 1 aromatic rings. The molecule has 1 fully saturated rings. The Morgan fingerprint density at radius 1 is 1.14 bits per heavy atom. The second kappa shape index (κ2) is 9.58. The highest BCUT2D eigenvalue weighted by atomic mass is 16.5. The van der Waals surface area contributed by atoms with Crippen molar-refractivity contribution in [3.05, 3.63) is 23.8 Å². The number of esters is 1. The standard InChI is InChI=1S/C18H23N3O7/c1-20-9-16(23)21(18(20)25)10-17(24)28-11-15(22)19-7-6-12-4-5-13(26-2)14(8-12)27-3/h4-5,8H,6-7,9-11H2,1-3H3,(H,19,22). The third-order valence-electron chi connectivity index (χ3n) is 4.07. The maximum atomic E-state index is 11.8. The van der Waals surface area contributed by atoms with E-state index in [0.29, 0.717) is 24.5 Å². The lowest BCUT2D eigenvalue weighted by molar-refractivity contribution is -0.150. The molecule has 0 aliphatic carbocycles. The van der Waals surface area contributed by atoms with Gasteiger partial charge in [0.1, 0.15) is 13.1 Å². The van der Waals surface area contributed by atoms with Crippen molar-refractivity contribution in [1.29, 1.82) is 0 Å². The summed E-state index contributed by atoms with van der Waals surface area (Å²) in [5.74, 6) is -0.582. The van der Waals surface area contributed by atoms with Gasteiger partial charge in [-0.3, -0.25) is 19.3 Å². The van der Waals surface area contributed by atoms with Crippen LogP contribution in [0.25, 0.3) is 0 Å². The molecular weight excluding hydrogens is 370 g/mol. The van der Waals surface area contributed by atoms with E-state index in [1.54, 1.807) is 20.3 Å². The fourth-order valence-electron chi connectivity index (χ4n) is 2.58. The normalized spacial score (nSPS) is 13.5. The number of likely N-dealkylation sites (N-methyl/N-ethyl adjacent to an activating group) is 1. The number of carbonyl (C=O) groups excluding carboxylic acids is 4. The third kappa shape index (κ3) is 5.35. The average Bonchev–Trinajstić information content (AvgIpc) is 2.92. The van der Waals surface area contributed by atoms with Crippen molar-refractivity contribution >= 4 is 23.8 Å². The van der Waals surface area contributed by atoms with Gasteiger partial charge in [0.15, 0.2) is 18.1 Å². The van der Waals surface area contributed by atoms with Gasteiger partial charge in [-0.05, 0) is 24.1 Å². The predicted molar refractivity (Wildman–Crippen MR) is 97.0 cm³/mol. The number of amides is 4. The van der Waals surface area contributed by atoms with Gasteiger partial charge in [0.05, 0.1) is 14.2 Å². The molecule has 152 valence electrons. The van der Waals surface area contributed by atoms with E-state index >= 15 is 0 Å². The van der Waals surface area contributed by atoms with Gasteiger partial charge in [0.2, 0.25) is 0 Å². The number of carbonyl (C=O) groups is 4. The number of methoxy groups -OCH3 is 2. The van der Waals surface area contributed by atoms with E-state index in [2.05, 4.69) is 5.32 Å². The molecule has 0 radical (unpaired) electrons. The van der Waals surface area contributed by atoms with E-state index in [-0.39, 0.29) is 6.54 Å². The first-order valence-corrected chi connectivity index (χ1v) is 8.54. The Morgan fingerprint density at radius 2 is 1.86 bits per heavy atom. The smallest absolute Gasteiger partial charge is 0.327 e. The Labute approximate surface area is 162 Å². The summed E-state index contributed by atoms with van der Waals surface area (Å²) in [4.78, 5) is 48.8. The number of benzene rings is 1. The Balaban J connectivity index is 1.71. The number of rotatable bonds is 9. The van der Waals surface area contributed by atoms with Gasteiger partial charge >= 0.3 is 12.0 Å². The molecule has 10 heteroatoms. The molecule has 1 N–H and O–H groups in total. The van der Waals surface area contributed by atoms with Gasteiger partial charge in [0, 0.05) is 13.6 Å². The van der Waals surface area contributed by atoms with Crippen LogP contribution in [-0.2, 0) is 25.5 Å². The molecule has 4 amide bonds. The highest BCUT2D eigenvalue weighted by molar-refractivity contribution is 6.04. The number of nitrogens with zero attached hydrogens (tertiary/aromatic N) is 2. The number of nitrogens with one attached hydrogen (secondary N) is 1. The second-order valence-electron chi connectivity index (χ2n) is 6.07. The summed E-state index contributed by atoms with van der Waals surface area (Å²) in [6.07, 6.45) is 0.545. The number of hydrogen-bond donors (Lipinski definition) is 1. The Hall–Kier alpha value is -3.30. The zero-order valence-electron chi connectivity index (χ0n) is 16.0. The van der Waals surface area contributed by atoms with E-state index in [0.717, 1.165) is 10.5 Å². The molecule has 0 saturated carbocycles. The molecule has 1 aliphatic rings. The Bertz CT molecular complexity index is 766. The zero-order valence-corrected chi connectivity index (χ0v) is 16.0. The quantitative estimate of drug-likeness (QED) is 0.456. The number of imide groups is 1. The molecule has 0 aromatic heterocycles. The van der Waals surface area contributed by atoms with Crippen LogP contribution in [-0.4, -0.2) is 81.1 Å². The van der Waals surface area contributed by atoms with Crippen molar-refractivity contribution in [3.63, 3.8) is 0 Å². The molecule has 2 rings (SSSR count). The monoisotopic (exact) mass is 393 g/mol. The topological polar surface area (TPSA) is 114 Å². The van der Waals surface area contributed by atoms with Crippen LogP contribution in [0, 0.1) is 0 Å². The van der Waals surface area contributed by atoms with Crippen LogP contribution >= 0.6 is 0 Å². The fraction of sp³-hybridized carbons (Fsp3) is 0.444. The Morgan fingerprint density at radius 3 is 2.46 bits per heavy atom. The number of urea groups is 1. The number of hydrogen-bond acceptors (Lipinski definition) is 7. The summed E-state index contributed by atoms with van der Waals surface area (Å²) < 4.78 is 15.2. The highest BCUT2D eigenvalue weighted by Crippen LogP contribution is 2.27. The second-order valence-corrected chi connectivity index (χ2v) is 6.07. The van der Waals surface area contributed by atoms with Crippen molar-refractivity contribution < 1.29 is 33.4 Å². The average molecular weight is 393 g/mol. The maximum Gasteiger partial charge on any atom is 0.327 e. The molecule has 1 aromatic carbocycles. The third-order valence-corrected chi connectivity index (χ3v) is 4.07. The summed E-state index contributed by atoms with van der Waals surface area (Å²) in [6, 6.07) is 4.87. The highest BCUT2D eigenvalue weighted by Gasteiger charge is 2.35. The molecule has 28 heavy (non-hydrogen) atoms. The van der Waals surface area contributed by atoms with Crippen LogP contribution < -0.4 is 14.8 Å². The lowest BCUT2D eigenvalue weighted by atomic mass is 10.1. The zero-order chi connectivity index (χ0) is 20.7. The van der Waals surface area contributed by atoms with Gasteiger partial charge in [0.25, 0.3) is 11.8 Å². The van der Waals surface area contributed by atoms with Crippen LogP contribution in [0.1, 0.15) is 5.56 Å². The summed E-state index contributed by atoms with van der Waals surface area (Å²) in [6.45, 7) is -0.750. The van der Waals surface area contributed by atoms with Crippen molar-refractivity contribution in [2.45, 2.75) is 6.42 Å². The van der Waals surface area contributed by atoms with Crippen LogP contribution in [0.15, 0.2) is 18.2 Å². The molecule has 0 spiro atoms. The van der Waals surface area contributed by atoms with Crippen molar-refractivity contribution in [2.75, 3.05) is 47.5 Å². The fourth-order valence-corrected chi connectivity index (χ4v) is 2.58. The predicted octanol–water partition coefficient (Wildman–Crippen LogP) is -0.200. The van der Waals surface area contributed by atoms with Crippen LogP contribution in [0.4, 0.5) is 4.79 Å². The lowest BCUT2D eigenvalue weighted by Gasteiger charge is -2.13. The minimum atomic E-state index is -0.827. The van der Waals surface area contributed by atoms with Gasteiger partial charge < -0.3 is 24.4 Å². The van der Waals surface area contributed by atoms with Gasteiger partial charge in [-0.2, -0.15) is 0 Å². The molecular formula is C18H23N3O7. The summed E-state index contributed by atoms with van der Waals surface area (Å²) >= 11 is 0. The van der Waals surface area contributed by atoms with E-state index in [1.807, 2.05) is 12.1 Å². The maximum absolute atomic E-state index is 11.8. The summed E-state index contributed by atoms with van der Waals surface area (Å²) in [5, 5.41) is 2.63. The van der Waals surface area contributed by atoms with Crippen molar-refractivity contribution in [2.24, 2.45) is 0 Å².